The third-order valence-electron chi connectivity index (χ3n) is 2.78. The molecule has 1 atom stereocenters. The molecule has 4 N–H and O–H groups in total. The molecule has 5 nitrogen and oxygen atoms in total. The van der Waals surface area contributed by atoms with E-state index in [4.69, 9.17) is 15.7 Å². The highest BCUT2D eigenvalue weighted by Gasteiger charge is 2.05. The van der Waals surface area contributed by atoms with Crippen molar-refractivity contribution in [2.24, 2.45) is 10.9 Å². The van der Waals surface area contributed by atoms with E-state index in [1.165, 1.54) is 5.56 Å². The molecule has 0 saturated carbocycles. The maximum atomic E-state index is 8.41. The van der Waals surface area contributed by atoms with Gasteiger partial charge in [0.25, 0.3) is 0 Å². The molecule has 18 heavy (non-hydrogen) atoms. The Kier molecular flexibility index (Phi) is 6.00. The lowest BCUT2D eigenvalue weighted by Crippen LogP contribution is -2.21. The Bertz CT molecular complexity index is 394. The normalized spacial score (nSPS) is 13.3. The van der Waals surface area contributed by atoms with E-state index in [0.717, 1.165) is 18.7 Å². The van der Waals surface area contributed by atoms with Gasteiger partial charge in [0.1, 0.15) is 11.6 Å². The topological polar surface area (TPSA) is 79.9 Å². The van der Waals surface area contributed by atoms with E-state index in [1.807, 2.05) is 18.2 Å². The van der Waals surface area contributed by atoms with Crippen molar-refractivity contribution in [1.29, 1.82) is 0 Å². The van der Waals surface area contributed by atoms with Gasteiger partial charge in [-0.05, 0) is 37.6 Å². The number of hydrogen-bond acceptors (Lipinski definition) is 4. The van der Waals surface area contributed by atoms with E-state index in [0.29, 0.717) is 6.42 Å². The summed E-state index contributed by atoms with van der Waals surface area (Å²) in [6.07, 6.45) is 1.43. The molecule has 5 heteroatoms. The van der Waals surface area contributed by atoms with Crippen LogP contribution < -0.4 is 15.8 Å². The van der Waals surface area contributed by atoms with Crippen LogP contribution in [-0.4, -0.2) is 24.7 Å². The van der Waals surface area contributed by atoms with Crippen LogP contribution in [0.25, 0.3) is 0 Å². The van der Waals surface area contributed by atoms with Crippen LogP contribution in [-0.2, 0) is 0 Å². The number of hydrogen-bond donors (Lipinski definition) is 3. The first-order chi connectivity index (χ1) is 8.67. The zero-order valence-corrected chi connectivity index (χ0v) is 10.9. The van der Waals surface area contributed by atoms with Gasteiger partial charge in [-0.25, -0.2) is 0 Å². The van der Waals surface area contributed by atoms with Crippen molar-refractivity contribution in [2.75, 3.05) is 13.7 Å². The Labute approximate surface area is 108 Å². The number of oxime groups is 1. The van der Waals surface area contributed by atoms with Gasteiger partial charge in [0.05, 0.1) is 7.11 Å². The highest BCUT2D eigenvalue weighted by atomic mass is 16.5. The monoisotopic (exact) mass is 251 g/mol. The molecule has 0 aliphatic carbocycles. The number of amidine groups is 1. The molecule has 0 amide bonds. The van der Waals surface area contributed by atoms with Crippen LogP contribution in [0.5, 0.6) is 5.75 Å². The van der Waals surface area contributed by atoms with Gasteiger partial charge in [0.15, 0.2) is 0 Å². The smallest absolute Gasteiger partial charge is 0.139 e. The number of nitrogens with zero attached hydrogens (tertiary/aromatic N) is 1. The van der Waals surface area contributed by atoms with Gasteiger partial charge in [-0.15, -0.1) is 0 Å². The minimum absolute atomic E-state index is 0.243. The predicted octanol–water partition coefficient (Wildman–Crippen LogP) is 1.87. The largest absolute Gasteiger partial charge is 0.497 e. The second kappa shape index (κ2) is 7.55. The van der Waals surface area contributed by atoms with Gasteiger partial charge >= 0.3 is 0 Å². The molecule has 0 aliphatic heterocycles. The maximum Gasteiger partial charge on any atom is 0.139 e. The van der Waals surface area contributed by atoms with Gasteiger partial charge in [0.2, 0.25) is 0 Å². The van der Waals surface area contributed by atoms with Crippen LogP contribution in [0.4, 0.5) is 0 Å². The molecule has 100 valence electrons. The minimum Gasteiger partial charge on any atom is -0.497 e. The molecule has 0 saturated heterocycles. The van der Waals surface area contributed by atoms with Crippen LogP contribution in [0.15, 0.2) is 29.4 Å². The molecule has 0 aromatic heterocycles. The van der Waals surface area contributed by atoms with Crippen molar-refractivity contribution in [1.82, 2.24) is 5.32 Å². The van der Waals surface area contributed by atoms with Gasteiger partial charge in [-0.3, -0.25) is 0 Å². The number of nitrogens with two attached hydrogens (primary N) is 1. The van der Waals surface area contributed by atoms with Crippen molar-refractivity contribution in [3.05, 3.63) is 29.8 Å². The van der Waals surface area contributed by atoms with Crippen molar-refractivity contribution >= 4 is 5.84 Å². The third-order valence-corrected chi connectivity index (χ3v) is 2.78. The van der Waals surface area contributed by atoms with Crippen LogP contribution >= 0.6 is 0 Å². The first kappa shape index (κ1) is 14.3. The summed E-state index contributed by atoms with van der Waals surface area (Å²) in [4.78, 5) is 0. The zero-order chi connectivity index (χ0) is 13.4. The number of benzene rings is 1. The number of rotatable bonds is 7. The molecule has 1 aromatic rings. The fourth-order valence-corrected chi connectivity index (χ4v) is 1.67. The molecule has 0 aliphatic rings. The lowest BCUT2D eigenvalue weighted by Gasteiger charge is -2.14. The molecule has 0 heterocycles. The quantitative estimate of drug-likeness (QED) is 0.227. The van der Waals surface area contributed by atoms with E-state index in [1.54, 1.807) is 7.11 Å². The zero-order valence-electron chi connectivity index (χ0n) is 10.9. The van der Waals surface area contributed by atoms with Crippen LogP contribution in [0.3, 0.4) is 0 Å². The highest BCUT2D eigenvalue weighted by molar-refractivity contribution is 5.79. The average molecular weight is 251 g/mol. The molecular weight excluding hydrogens is 230 g/mol. The molecule has 0 fully saturated rings. The standard InChI is InChI=1S/C13H21N3O2/c1-10(15-8-4-7-13(14)16-17)11-5-3-6-12(9-11)18-2/h3,5-6,9-10,15,17H,4,7-8H2,1-2H3,(H2,14,16)/t10-/m1/s1. The Morgan fingerprint density at radius 3 is 3.00 bits per heavy atom. The Hall–Kier alpha value is -1.75. The summed E-state index contributed by atoms with van der Waals surface area (Å²) in [6, 6.07) is 8.22. The van der Waals surface area contributed by atoms with Gasteiger partial charge in [0, 0.05) is 12.5 Å². The van der Waals surface area contributed by atoms with E-state index in [-0.39, 0.29) is 11.9 Å². The van der Waals surface area contributed by atoms with Gasteiger partial charge in [-0.1, -0.05) is 17.3 Å². The van der Waals surface area contributed by atoms with E-state index < -0.39 is 0 Å². The fraction of sp³-hybridized carbons (Fsp3) is 0.462. The summed E-state index contributed by atoms with van der Waals surface area (Å²) >= 11 is 0. The number of nitrogens with one attached hydrogen (secondary N) is 1. The van der Waals surface area contributed by atoms with Gasteiger partial charge < -0.3 is 21.0 Å². The Balaban J connectivity index is 2.38. The first-order valence-corrected chi connectivity index (χ1v) is 6.01. The Morgan fingerprint density at radius 2 is 2.33 bits per heavy atom. The molecule has 0 radical (unpaired) electrons. The summed E-state index contributed by atoms with van der Waals surface area (Å²) in [5, 5.41) is 14.7. The summed E-state index contributed by atoms with van der Waals surface area (Å²) < 4.78 is 5.19. The minimum atomic E-state index is 0.243. The third kappa shape index (κ3) is 4.63. The lowest BCUT2D eigenvalue weighted by atomic mass is 10.1. The maximum absolute atomic E-state index is 8.41. The van der Waals surface area contributed by atoms with Crippen molar-refractivity contribution in [2.45, 2.75) is 25.8 Å². The molecule has 0 bridgehead atoms. The summed E-state index contributed by atoms with van der Waals surface area (Å²) in [5.41, 5.74) is 6.57. The SMILES string of the molecule is COc1cccc([C@@H](C)NCCC/C(N)=N/O)c1. The van der Waals surface area contributed by atoms with Gasteiger partial charge in [-0.2, -0.15) is 0 Å². The summed E-state index contributed by atoms with van der Waals surface area (Å²) in [6.45, 7) is 2.91. The Morgan fingerprint density at radius 1 is 1.56 bits per heavy atom. The first-order valence-electron chi connectivity index (χ1n) is 6.01. The average Bonchev–Trinajstić information content (AvgIpc) is 2.43. The molecule has 1 aromatic carbocycles. The van der Waals surface area contributed by atoms with E-state index in [9.17, 15) is 0 Å². The van der Waals surface area contributed by atoms with Crippen molar-refractivity contribution in [3.8, 4) is 5.75 Å². The second-order valence-corrected chi connectivity index (χ2v) is 4.15. The van der Waals surface area contributed by atoms with Crippen LogP contribution in [0.1, 0.15) is 31.4 Å². The van der Waals surface area contributed by atoms with Crippen LogP contribution in [0.2, 0.25) is 0 Å². The van der Waals surface area contributed by atoms with Crippen molar-refractivity contribution < 1.29 is 9.94 Å². The predicted molar refractivity (Wildman–Crippen MR) is 72.1 cm³/mol. The number of methoxy groups -OCH3 is 1. The molecule has 0 unspecified atom stereocenters. The van der Waals surface area contributed by atoms with E-state index >= 15 is 0 Å². The molecule has 1 rings (SSSR count). The van der Waals surface area contributed by atoms with E-state index in [2.05, 4.69) is 23.5 Å². The van der Waals surface area contributed by atoms with Crippen LogP contribution in [0, 0.1) is 0 Å². The molecular formula is C13H21N3O2. The highest BCUT2D eigenvalue weighted by Crippen LogP contribution is 2.18. The second-order valence-electron chi connectivity index (χ2n) is 4.15. The number of ether oxygens (including phenoxy) is 1. The summed E-state index contributed by atoms with van der Waals surface area (Å²) in [5.74, 6) is 1.13. The molecule has 0 spiro atoms. The van der Waals surface area contributed by atoms with Crippen molar-refractivity contribution in [3.63, 3.8) is 0 Å². The fourth-order valence-electron chi connectivity index (χ4n) is 1.67. The summed E-state index contributed by atoms with van der Waals surface area (Å²) in [7, 11) is 1.66. The lowest BCUT2D eigenvalue weighted by molar-refractivity contribution is 0.316.